The lowest BCUT2D eigenvalue weighted by molar-refractivity contribution is -0.117. The number of nitrogens with zero attached hydrogens (tertiary/aromatic N) is 2. The molecule has 0 aliphatic rings. The van der Waals surface area contributed by atoms with Crippen molar-refractivity contribution in [1.82, 2.24) is 4.90 Å². The highest BCUT2D eigenvalue weighted by Gasteiger charge is 2.11. The molecule has 4 nitrogen and oxygen atoms in total. The number of amides is 1. The van der Waals surface area contributed by atoms with E-state index in [9.17, 15) is 9.18 Å². The highest BCUT2D eigenvalue weighted by atomic mass is 19.1. The Bertz CT molecular complexity index is 456. The number of benzene rings is 1. The molecule has 1 atom stereocenters. The van der Waals surface area contributed by atoms with Gasteiger partial charge < -0.3 is 5.32 Å². The van der Waals surface area contributed by atoms with Gasteiger partial charge >= 0.3 is 0 Å². The van der Waals surface area contributed by atoms with Gasteiger partial charge in [0, 0.05) is 6.54 Å². The summed E-state index contributed by atoms with van der Waals surface area (Å²) in [4.78, 5) is 13.4. The fraction of sp³-hybridized carbons (Fsp3) is 0.385. The number of carbonyl (C=O) groups excluding carboxylic acids is 1. The maximum absolute atomic E-state index is 13.3. The average Bonchev–Trinajstić information content (AvgIpc) is 2.31. The number of rotatable bonds is 5. The number of para-hydroxylation sites is 1. The molecule has 0 heterocycles. The van der Waals surface area contributed by atoms with E-state index in [1.54, 1.807) is 31.0 Å². The molecule has 1 N–H and O–H groups in total. The molecule has 0 fully saturated rings. The molecular weight excluding hydrogens is 233 g/mol. The Morgan fingerprint density at radius 3 is 2.83 bits per heavy atom. The normalized spacial score (nSPS) is 11.9. The maximum Gasteiger partial charge on any atom is 0.238 e. The van der Waals surface area contributed by atoms with Gasteiger partial charge in [-0.25, -0.2) is 4.39 Å². The minimum absolute atomic E-state index is 0.125. The fourth-order valence-electron chi connectivity index (χ4n) is 1.57. The third-order valence-electron chi connectivity index (χ3n) is 2.37. The first-order valence-corrected chi connectivity index (χ1v) is 5.65. The second kappa shape index (κ2) is 6.72. The van der Waals surface area contributed by atoms with Crippen LogP contribution in [0, 0.1) is 23.1 Å². The summed E-state index contributed by atoms with van der Waals surface area (Å²) in [7, 11) is 1.74. The van der Waals surface area contributed by atoms with Crippen molar-refractivity contribution in [2.45, 2.75) is 6.92 Å². The standard InChI is InChI=1S/C13H16FN3O/c1-10(7-15)8-17(2)9-13(18)16-12-6-4-3-5-11(12)14/h3-6,10H,8-9H2,1-2H3,(H,16,18). The Morgan fingerprint density at radius 2 is 2.22 bits per heavy atom. The van der Waals surface area contributed by atoms with Crippen LogP contribution in [-0.4, -0.2) is 30.9 Å². The van der Waals surface area contributed by atoms with Crippen LogP contribution in [0.4, 0.5) is 10.1 Å². The zero-order valence-corrected chi connectivity index (χ0v) is 10.5. The summed E-state index contributed by atoms with van der Waals surface area (Å²) in [5, 5.41) is 11.2. The van der Waals surface area contributed by atoms with Crippen molar-refractivity contribution in [3.05, 3.63) is 30.1 Å². The number of halogens is 1. The Labute approximate surface area is 106 Å². The molecule has 1 amide bonds. The summed E-state index contributed by atoms with van der Waals surface area (Å²) in [6.45, 7) is 2.41. The van der Waals surface area contributed by atoms with E-state index in [1.807, 2.05) is 0 Å². The van der Waals surface area contributed by atoms with Crippen molar-refractivity contribution in [2.24, 2.45) is 5.92 Å². The Kier molecular flexibility index (Phi) is 5.28. The van der Waals surface area contributed by atoms with Gasteiger partial charge in [0.1, 0.15) is 5.82 Å². The highest BCUT2D eigenvalue weighted by molar-refractivity contribution is 5.92. The number of nitrogens with one attached hydrogen (secondary N) is 1. The molecule has 96 valence electrons. The summed E-state index contributed by atoms with van der Waals surface area (Å²) >= 11 is 0. The predicted molar refractivity (Wildman–Crippen MR) is 67.3 cm³/mol. The molecule has 0 aromatic heterocycles. The van der Waals surface area contributed by atoms with E-state index in [2.05, 4.69) is 11.4 Å². The SMILES string of the molecule is CC(C#N)CN(C)CC(=O)Nc1ccccc1F. The smallest absolute Gasteiger partial charge is 0.238 e. The van der Waals surface area contributed by atoms with E-state index in [-0.39, 0.29) is 24.1 Å². The lowest BCUT2D eigenvalue weighted by atomic mass is 10.2. The molecule has 0 saturated carbocycles. The van der Waals surface area contributed by atoms with Crippen LogP contribution in [0.2, 0.25) is 0 Å². The predicted octanol–water partition coefficient (Wildman–Crippen LogP) is 1.86. The molecule has 1 rings (SSSR count). The van der Waals surface area contributed by atoms with Crippen molar-refractivity contribution >= 4 is 11.6 Å². The van der Waals surface area contributed by atoms with Crippen molar-refractivity contribution in [2.75, 3.05) is 25.5 Å². The van der Waals surface area contributed by atoms with Gasteiger partial charge in [-0.1, -0.05) is 12.1 Å². The van der Waals surface area contributed by atoms with E-state index in [0.717, 1.165) is 0 Å². The minimum atomic E-state index is -0.459. The van der Waals surface area contributed by atoms with E-state index in [1.165, 1.54) is 12.1 Å². The van der Waals surface area contributed by atoms with Gasteiger partial charge in [-0.05, 0) is 26.1 Å². The fourth-order valence-corrected chi connectivity index (χ4v) is 1.57. The molecule has 18 heavy (non-hydrogen) atoms. The highest BCUT2D eigenvalue weighted by Crippen LogP contribution is 2.12. The number of likely N-dealkylation sites (N-methyl/N-ethyl adjacent to an activating group) is 1. The molecule has 1 aromatic carbocycles. The van der Waals surface area contributed by atoms with Gasteiger partial charge in [0.2, 0.25) is 5.91 Å². The lowest BCUT2D eigenvalue weighted by Gasteiger charge is -2.17. The molecular formula is C13H16FN3O. The largest absolute Gasteiger partial charge is 0.322 e. The third kappa shape index (κ3) is 4.52. The summed E-state index contributed by atoms with van der Waals surface area (Å²) in [5.74, 6) is -0.900. The average molecular weight is 249 g/mol. The molecule has 1 unspecified atom stereocenters. The molecule has 0 radical (unpaired) electrons. The Hall–Kier alpha value is -1.93. The molecule has 0 saturated heterocycles. The summed E-state index contributed by atoms with van der Waals surface area (Å²) in [6.07, 6.45) is 0. The quantitative estimate of drug-likeness (QED) is 0.866. The molecule has 5 heteroatoms. The van der Waals surface area contributed by atoms with E-state index < -0.39 is 5.82 Å². The second-order valence-electron chi connectivity index (χ2n) is 4.25. The van der Waals surface area contributed by atoms with Crippen LogP contribution in [-0.2, 0) is 4.79 Å². The number of hydrogen-bond acceptors (Lipinski definition) is 3. The summed E-state index contributed by atoms with van der Waals surface area (Å²) in [5.41, 5.74) is 0.171. The molecule has 0 aliphatic heterocycles. The van der Waals surface area contributed by atoms with Crippen molar-refractivity contribution in [1.29, 1.82) is 5.26 Å². The number of anilines is 1. The minimum Gasteiger partial charge on any atom is -0.322 e. The third-order valence-corrected chi connectivity index (χ3v) is 2.37. The first kappa shape index (κ1) is 14.1. The van der Waals surface area contributed by atoms with Crippen LogP contribution >= 0.6 is 0 Å². The zero-order chi connectivity index (χ0) is 13.5. The van der Waals surface area contributed by atoms with Crippen LogP contribution in [0.5, 0.6) is 0 Å². The zero-order valence-electron chi connectivity index (χ0n) is 10.5. The van der Waals surface area contributed by atoms with Gasteiger partial charge in [0.25, 0.3) is 0 Å². The van der Waals surface area contributed by atoms with Crippen molar-refractivity contribution < 1.29 is 9.18 Å². The molecule has 0 spiro atoms. The molecule has 1 aromatic rings. The Balaban J connectivity index is 2.48. The van der Waals surface area contributed by atoms with Crippen LogP contribution in [0.25, 0.3) is 0 Å². The first-order chi connectivity index (χ1) is 8.52. The van der Waals surface area contributed by atoms with Crippen LogP contribution < -0.4 is 5.32 Å². The van der Waals surface area contributed by atoms with E-state index in [0.29, 0.717) is 6.54 Å². The van der Waals surface area contributed by atoms with Crippen molar-refractivity contribution in [3.8, 4) is 6.07 Å². The number of hydrogen-bond donors (Lipinski definition) is 1. The molecule has 0 bridgehead atoms. The number of nitriles is 1. The van der Waals surface area contributed by atoms with Gasteiger partial charge in [0.15, 0.2) is 0 Å². The van der Waals surface area contributed by atoms with E-state index in [4.69, 9.17) is 5.26 Å². The van der Waals surface area contributed by atoms with Gasteiger partial charge in [-0.2, -0.15) is 5.26 Å². The topological polar surface area (TPSA) is 56.1 Å². The first-order valence-electron chi connectivity index (χ1n) is 5.65. The van der Waals surface area contributed by atoms with Gasteiger partial charge in [0.05, 0.1) is 24.2 Å². The second-order valence-corrected chi connectivity index (χ2v) is 4.25. The molecule has 0 aliphatic carbocycles. The monoisotopic (exact) mass is 249 g/mol. The van der Waals surface area contributed by atoms with Crippen LogP contribution in [0.15, 0.2) is 24.3 Å². The van der Waals surface area contributed by atoms with Gasteiger partial charge in [-0.3, -0.25) is 9.69 Å². The van der Waals surface area contributed by atoms with E-state index >= 15 is 0 Å². The van der Waals surface area contributed by atoms with Crippen molar-refractivity contribution in [3.63, 3.8) is 0 Å². The maximum atomic E-state index is 13.3. The van der Waals surface area contributed by atoms with Crippen LogP contribution in [0.3, 0.4) is 0 Å². The summed E-state index contributed by atoms with van der Waals surface area (Å²) in [6, 6.07) is 8.10. The number of carbonyl (C=O) groups is 1. The lowest BCUT2D eigenvalue weighted by Crippen LogP contribution is -2.33. The van der Waals surface area contributed by atoms with Crippen LogP contribution in [0.1, 0.15) is 6.92 Å². The summed E-state index contributed by atoms with van der Waals surface area (Å²) < 4.78 is 13.3. The van der Waals surface area contributed by atoms with Gasteiger partial charge in [-0.15, -0.1) is 0 Å². The Morgan fingerprint density at radius 1 is 1.56 bits per heavy atom.